The van der Waals surface area contributed by atoms with Gasteiger partial charge >= 0.3 is 6.18 Å². The molecule has 3 nitrogen and oxygen atoms in total. The summed E-state index contributed by atoms with van der Waals surface area (Å²) in [7, 11) is 0. The van der Waals surface area contributed by atoms with Crippen molar-refractivity contribution in [3.05, 3.63) is 88.4 Å². The van der Waals surface area contributed by atoms with Crippen molar-refractivity contribution in [2.24, 2.45) is 0 Å². The Bertz CT molecular complexity index is 1030. The van der Waals surface area contributed by atoms with E-state index in [-0.39, 0.29) is 22.2 Å². The Balaban J connectivity index is 1.75. The quantitative estimate of drug-likeness (QED) is 0.471. The second kappa shape index (κ2) is 8.08. The van der Waals surface area contributed by atoms with Crippen LogP contribution in [0.5, 0.6) is 11.5 Å². The maximum Gasteiger partial charge on any atom is 0.416 e. The van der Waals surface area contributed by atoms with Gasteiger partial charge in [0.1, 0.15) is 28.7 Å². The maximum absolute atomic E-state index is 13.7. The van der Waals surface area contributed by atoms with Gasteiger partial charge in [-0.05, 0) is 54.6 Å². The molecule has 0 aliphatic heterocycles. The van der Waals surface area contributed by atoms with Gasteiger partial charge in [0.15, 0.2) is 0 Å². The Morgan fingerprint density at radius 1 is 0.931 bits per heavy atom. The van der Waals surface area contributed by atoms with Gasteiger partial charge in [0.05, 0.1) is 10.6 Å². The van der Waals surface area contributed by atoms with Crippen molar-refractivity contribution in [2.45, 2.75) is 6.18 Å². The SMILES string of the molecule is O=C(Nc1ccc(Oc2cc(C(F)(F)F)ccc2Cl)cc1)c1c(F)cccc1F. The molecule has 0 atom stereocenters. The van der Waals surface area contributed by atoms with Crippen LogP contribution in [0.25, 0.3) is 0 Å². The molecule has 9 heteroatoms. The highest BCUT2D eigenvalue weighted by Gasteiger charge is 2.31. The Hall–Kier alpha value is -3.13. The summed E-state index contributed by atoms with van der Waals surface area (Å²) in [6, 6.07) is 11.1. The third kappa shape index (κ3) is 4.83. The van der Waals surface area contributed by atoms with Gasteiger partial charge in [-0.3, -0.25) is 4.79 Å². The molecule has 150 valence electrons. The van der Waals surface area contributed by atoms with Gasteiger partial charge in [0.2, 0.25) is 0 Å². The summed E-state index contributed by atoms with van der Waals surface area (Å²) in [5, 5.41) is 2.30. The molecular formula is C20H11ClF5NO2. The van der Waals surface area contributed by atoms with Crippen LogP contribution in [0.1, 0.15) is 15.9 Å². The van der Waals surface area contributed by atoms with Crippen molar-refractivity contribution in [2.75, 3.05) is 5.32 Å². The molecule has 3 aromatic carbocycles. The van der Waals surface area contributed by atoms with Crippen molar-refractivity contribution in [3.63, 3.8) is 0 Å². The largest absolute Gasteiger partial charge is 0.456 e. The summed E-state index contributed by atoms with van der Waals surface area (Å²) in [4.78, 5) is 12.1. The Kier molecular flexibility index (Phi) is 5.74. The monoisotopic (exact) mass is 427 g/mol. The van der Waals surface area contributed by atoms with Gasteiger partial charge in [0.25, 0.3) is 5.91 Å². The number of amides is 1. The van der Waals surface area contributed by atoms with Gasteiger partial charge in [-0.15, -0.1) is 0 Å². The lowest BCUT2D eigenvalue weighted by atomic mass is 10.1. The topological polar surface area (TPSA) is 38.3 Å². The van der Waals surface area contributed by atoms with E-state index in [4.69, 9.17) is 16.3 Å². The van der Waals surface area contributed by atoms with Crippen LogP contribution in [0.2, 0.25) is 5.02 Å². The fraction of sp³-hybridized carbons (Fsp3) is 0.0500. The van der Waals surface area contributed by atoms with E-state index in [0.717, 1.165) is 36.4 Å². The molecule has 0 saturated heterocycles. The van der Waals surface area contributed by atoms with E-state index in [2.05, 4.69) is 5.32 Å². The average Bonchev–Trinajstić information content (AvgIpc) is 2.64. The minimum Gasteiger partial charge on any atom is -0.456 e. The summed E-state index contributed by atoms with van der Waals surface area (Å²) in [5.74, 6) is -3.08. The molecule has 0 unspecified atom stereocenters. The number of benzene rings is 3. The maximum atomic E-state index is 13.7. The van der Waals surface area contributed by atoms with Gasteiger partial charge < -0.3 is 10.1 Å². The van der Waals surface area contributed by atoms with Crippen LogP contribution < -0.4 is 10.1 Å². The van der Waals surface area contributed by atoms with Crippen LogP contribution in [-0.4, -0.2) is 5.91 Å². The van der Waals surface area contributed by atoms with Gasteiger partial charge in [-0.25, -0.2) is 8.78 Å². The molecule has 0 aliphatic rings. The van der Waals surface area contributed by atoms with Crippen molar-refractivity contribution in [3.8, 4) is 11.5 Å². The van der Waals surface area contributed by atoms with E-state index in [0.29, 0.717) is 0 Å². The summed E-state index contributed by atoms with van der Waals surface area (Å²) in [6.45, 7) is 0. The van der Waals surface area contributed by atoms with Crippen LogP contribution in [0.15, 0.2) is 60.7 Å². The summed E-state index contributed by atoms with van der Waals surface area (Å²) in [6.07, 6.45) is -4.56. The Morgan fingerprint density at radius 3 is 2.14 bits per heavy atom. The van der Waals surface area contributed by atoms with Crippen LogP contribution in [0.4, 0.5) is 27.6 Å². The van der Waals surface area contributed by atoms with Crippen molar-refractivity contribution < 1.29 is 31.5 Å². The van der Waals surface area contributed by atoms with Gasteiger partial charge in [-0.1, -0.05) is 17.7 Å². The smallest absolute Gasteiger partial charge is 0.416 e. The van der Waals surface area contributed by atoms with Crippen LogP contribution >= 0.6 is 11.6 Å². The standard InChI is InChI=1S/C20H11ClF5NO2/c21-14-9-4-11(20(24,25)26)10-17(14)29-13-7-5-12(6-8-13)27-19(28)18-15(22)2-1-3-16(18)23/h1-10H,(H,27,28). The predicted molar refractivity (Wildman–Crippen MR) is 97.3 cm³/mol. The zero-order valence-corrected chi connectivity index (χ0v) is 15.1. The molecule has 0 spiro atoms. The minimum absolute atomic E-state index is 0.0228. The van der Waals surface area contributed by atoms with Crippen molar-refractivity contribution in [1.82, 2.24) is 0 Å². The van der Waals surface area contributed by atoms with E-state index in [9.17, 15) is 26.7 Å². The minimum atomic E-state index is -4.56. The molecule has 3 rings (SSSR count). The lowest BCUT2D eigenvalue weighted by Crippen LogP contribution is -2.15. The number of hydrogen-bond donors (Lipinski definition) is 1. The molecule has 0 bridgehead atoms. The number of anilines is 1. The number of nitrogens with one attached hydrogen (secondary N) is 1. The molecule has 0 aromatic heterocycles. The summed E-state index contributed by atoms with van der Waals surface area (Å²) in [5.41, 5.74) is -1.46. The fourth-order valence-corrected chi connectivity index (χ4v) is 2.56. The highest BCUT2D eigenvalue weighted by Crippen LogP contribution is 2.37. The molecule has 0 saturated carbocycles. The first-order valence-electron chi connectivity index (χ1n) is 8.05. The third-order valence-electron chi connectivity index (χ3n) is 3.79. The molecule has 29 heavy (non-hydrogen) atoms. The molecule has 0 fully saturated rings. The first kappa shape index (κ1) is 20.6. The molecule has 0 heterocycles. The van der Waals surface area contributed by atoms with E-state index in [1.807, 2.05) is 0 Å². The zero-order valence-electron chi connectivity index (χ0n) is 14.4. The third-order valence-corrected chi connectivity index (χ3v) is 4.10. The summed E-state index contributed by atoms with van der Waals surface area (Å²) < 4.78 is 71.1. The van der Waals surface area contributed by atoms with Gasteiger partial charge in [-0.2, -0.15) is 13.2 Å². The van der Waals surface area contributed by atoms with E-state index < -0.39 is 34.8 Å². The summed E-state index contributed by atoms with van der Waals surface area (Å²) >= 11 is 5.87. The van der Waals surface area contributed by atoms with Crippen LogP contribution in [0, 0.1) is 11.6 Å². The number of carbonyl (C=O) groups excluding carboxylic acids is 1. The number of carbonyl (C=O) groups is 1. The molecular weight excluding hydrogens is 417 g/mol. The molecule has 3 aromatic rings. The lowest BCUT2D eigenvalue weighted by Gasteiger charge is -2.12. The van der Waals surface area contributed by atoms with Crippen molar-refractivity contribution in [1.29, 1.82) is 0 Å². The number of hydrogen-bond acceptors (Lipinski definition) is 2. The number of halogens is 6. The molecule has 1 amide bonds. The zero-order chi connectivity index (χ0) is 21.2. The normalized spacial score (nSPS) is 11.2. The predicted octanol–water partition coefficient (Wildman–Crippen LogP) is 6.68. The fourth-order valence-electron chi connectivity index (χ4n) is 2.40. The first-order valence-corrected chi connectivity index (χ1v) is 8.43. The molecule has 0 aliphatic carbocycles. The first-order chi connectivity index (χ1) is 13.6. The van der Waals surface area contributed by atoms with E-state index in [1.54, 1.807) is 0 Å². The Labute approximate surface area is 166 Å². The molecule has 1 N–H and O–H groups in total. The van der Waals surface area contributed by atoms with E-state index >= 15 is 0 Å². The number of ether oxygens (including phenoxy) is 1. The highest BCUT2D eigenvalue weighted by molar-refractivity contribution is 6.32. The van der Waals surface area contributed by atoms with Crippen molar-refractivity contribution >= 4 is 23.2 Å². The van der Waals surface area contributed by atoms with Crippen LogP contribution in [0.3, 0.4) is 0 Å². The van der Waals surface area contributed by atoms with Gasteiger partial charge in [0, 0.05) is 5.69 Å². The van der Waals surface area contributed by atoms with E-state index in [1.165, 1.54) is 24.3 Å². The highest BCUT2D eigenvalue weighted by atomic mass is 35.5. The number of alkyl halides is 3. The van der Waals surface area contributed by atoms with Crippen LogP contribution in [-0.2, 0) is 6.18 Å². The average molecular weight is 428 g/mol. The molecule has 0 radical (unpaired) electrons. The Morgan fingerprint density at radius 2 is 1.55 bits per heavy atom. The lowest BCUT2D eigenvalue weighted by molar-refractivity contribution is -0.137. The number of rotatable bonds is 4. The second-order valence-corrected chi connectivity index (χ2v) is 6.23. The second-order valence-electron chi connectivity index (χ2n) is 5.82.